The molecule has 0 spiro atoms. The van der Waals surface area contributed by atoms with Gasteiger partial charge in [-0.25, -0.2) is 4.98 Å². The van der Waals surface area contributed by atoms with Gasteiger partial charge < -0.3 is 10.3 Å². The molecule has 2 N–H and O–H groups in total. The van der Waals surface area contributed by atoms with E-state index in [-0.39, 0.29) is 17.0 Å². The van der Waals surface area contributed by atoms with Gasteiger partial charge in [-0.2, -0.15) is 4.37 Å². The third kappa shape index (κ3) is 2.27. The summed E-state index contributed by atoms with van der Waals surface area (Å²) in [6, 6.07) is 13.5. The van der Waals surface area contributed by atoms with E-state index < -0.39 is 0 Å². The number of amides is 1. The number of rotatable bonds is 2. The van der Waals surface area contributed by atoms with Crippen molar-refractivity contribution in [2.75, 3.05) is 5.32 Å². The molecule has 2 aromatic heterocycles. The van der Waals surface area contributed by atoms with Crippen LogP contribution in [0.2, 0.25) is 0 Å². The molecule has 2 aromatic carbocycles. The van der Waals surface area contributed by atoms with E-state index in [0.717, 1.165) is 22.3 Å². The van der Waals surface area contributed by atoms with Gasteiger partial charge in [0.2, 0.25) is 0 Å². The van der Waals surface area contributed by atoms with E-state index in [1.54, 1.807) is 0 Å². The van der Waals surface area contributed by atoms with Crippen molar-refractivity contribution in [3.05, 3.63) is 64.0 Å². The van der Waals surface area contributed by atoms with Gasteiger partial charge in [0.25, 0.3) is 11.5 Å². The number of benzene rings is 2. The first-order valence-electron chi connectivity index (χ1n) is 6.86. The average molecular weight is 322 g/mol. The van der Waals surface area contributed by atoms with Gasteiger partial charge in [0.1, 0.15) is 10.4 Å². The molecule has 0 atom stereocenters. The van der Waals surface area contributed by atoms with Gasteiger partial charge in [-0.15, -0.1) is 0 Å². The van der Waals surface area contributed by atoms with Gasteiger partial charge in [0, 0.05) is 11.1 Å². The van der Waals surface area contributed by atoms with Gasteiger partial charge in [0.15, 0.2) is 5.52 Å². The maximum absolute atomic E-state index is 12.6. The number of aromatic nitrogens is 3. The molecular weight excluding hydrogens is 312 g/mol. The van der Waals surface area contributed by atoms with E-state index in [0.29, 0.717) is 16.1 Å². The molecule has 23 heavy (non-hydrogen) atoms. The highest BCUT2D eigenvalue weighted by molar-refractivity contribution is 7.09. The molecule has 0 aliphatic rings. The van der Waals surface area contributed by atoms with Crippen molar-refractivity contribution in [3.63, 3.8) is 0 Å². The minimum absolute atomic E-state index is 0.181. The van der Waals surface area contributed by atoms with Crippen molar-refractivity contribution in [2.24, 2.45) is 0 Å². The molecule has 2 heterocycles. The summed E-state index contributed by atoms with van der Waals surface area (Å²) in [6.45, 7) is 0. The Labute approximate surface area is 134 Å². The Morgan fingerprint density at radius 1 is 1.09 bits per heavy atom. The zero-order chi connectivity index (χ0) is 15.8. The van der Waals surface area contributed by atoms with Crippen LogP contribution in [0.5, 0.6) is 0 Å². The maximum atomic E-state index is 12.6. The van der Waals surface area contributed by atoms with Crippen LogP contribution in [0.3, 0.4) is 0 Å². The molecule has 7 heteroatoms. The molecule has 0 saturated heterocycles. The van der Waals surface area contributed by atoms with E-state index in [1.807, 2.05) is 42.5 Å². The Bertz CT molecular complexity index is 1090. The summed E-state index contributed by atoms with van der Waals surface area (Å²) in [6.07, 6.45) is 1.27. The summed E-state index contributed by atoms with van der Waals surface area (Å²) in [5, 5.41) is 4.86. The van der Waals surface area contributed by atoms with E-state index in [4.69, 9.17) is 0 Å². The third-order valence-corrected chi connectivity index (χ3v) is 4.35. The maximum Gasteiger partial charge on any atom is 0.278 e. The van der Waals surface area contributed by atoms with Crippen LogP contribution >= 0.6 is 11.5 Å². The molecule has 1 amide bonds. The highest BCUT2D eigenvalue weighted by Crippen LogP contribution is 2.25. The number of carbonyl (C=O) groups is 1. The molecule has 0 fully saturated rings. The van der Waals surface area contributed by atoms with Crippen LogP contribution in [0.4, 0.5) is 5.69 Å². The number of H-pyrrole nitrogens is 1. The Balaban J connectivity index is 1.77. The second-order valence-corrected chi connectivity index (χ2v) is 5.69. The van der Waals surface area contributed by atoms with Crippen LogP contribution in [0.15, 0.2) is 53.6 Å². The lowest BCUT2D eigenvalue weighted by Crippen LogP contribution is -2.12. The number of carbonyl (C=O) groups excluding carboxylic acids is 1. The van der Waals surface area contributed by atoms with Gasteiger partial charge in [-0.3, -0.25) is 9.59 Å². The molecule has 6 nitrogen and oxygen atoms in total. The number of anilines is 1. The number of nitrogens with zero attached hydrogens (tertiary/aromatic N) is 2. The summed E-state index contributed by atoms with van der Waals surface area (Å²) >= 11 is 0.965. The van der Waals surface area contributed by atoms with Gasteiger partial charge in [-0.05, 0) is 23.0 Å². The number of nitrogens with one attached hydrogen (secondary N) is 2. The average Bonchev–Trinajstić information content (AvgIpc) is 3.01. The summed E-state index contributed by atoms with van der Waals surface area (Å²) in [4.78, 5) is 31.0. The number of hydrogen-bond acceptors (Lipinski definition) is 5. The van der Waals surface area contributed by atoms with E-state index in [1.165, 1.54) is 6.33 Å². The highest BCUT2D eigenvalue weighted by Gasteiger charge is 2.17. The summed E-state index contributed by atoms with van der Waals surface area (Å²) in [5.41, 5.74) is 0.854. The first-order chi connectivity index (χ1) is 11.2. The molecular formula is C16H10N4O2S. The van der Waals surface area contributed by atoms with Crippen LogP contribution in [0.25, 0.3) is 21.8 Å². The van der Waals surface area contributed by atoms with Crippen LogP contribution in [0, 0.1) is 0 Å². The summed E-state index contributed by atoms with van der Waals surface area (Å²) < 4.78 is 4.02. The standard InChI is InChI=1S/C16H10N4O2S/c21-15-13-12(17-8-18-15)14(23-20-13)16(22)19-11-7-3-5-9-4-1-2-6-10(9)11/h1-8H,(H,19,22)(H,17,18,21). The minimum atomic E-state index is -0.351. The molecule has 0 bridgehead atoms. The van der Waals surface area contributed by atoms with Crippen molar-refractivity contribution in [2.45, 2.75) is 0 Å². The molecule has 4 aromatic rings. The van der Waals surface area contributed by atoms with Gasteiger partial charge in [-0.1, -0.05) is 36.4 Å². The van der Waals surface area contributed by atoms with Crippen molar-refractivity contribution >= 4 is 44.9 Å². The molecule has 0 unspecified atom stereocenters. The van der Waals surface area contributed by atoms with E-state index >= 15 is 0 Å². The fourth-order valence-corrected chi connectivity index (χ4v) is 3.16. The Hall–Kier alpha value is -3.06. The molecule has 0 saturated carbocycles. The second-order valence-electron chi connectivity index (χ2n) is 4.92. The predicted molar refractivity (Wildman–Crippen MR) is 89.9 cm³/mol. The minimum Gasteiger partial charge on any atom is -0.321 e. The molecule has 4 rings (SSSR count). The Morgan fingerprint density at radius 2 is 1.91 bits per heavy atom. The second kappa shape index (κ2) is 5.29. The lowest BCUT2D eigenvalue weighted by molar-refractivity contribution is 0.103. The fraction of sp³-hybridized carbons (Fsp3) is 0. The third-order valence-electron chi connectivity index (χ3n) is 3.52. The first kappa shape index (κ1) is 13.6. The smallest absolute Gasteiger partial charge is 0.278 e. The molecule has 112 valence electrons. The summed E-state index contributed by atoms with van der Waals surface area (Å²) in [7, 11) is 0. The van der Waals surface area contributed by atoms with E-state index in [2.05, 4.69) is 19.7 Å². The van der Waals surface area contributed by atoms with Crippen molar-refractivity contribution < 1.29 is 4.79 Å². The Kier molecular flexibility index (Phi) is 3.13. The number of fused-ring (bicyclic) bond motifs is 2. The van der Waals surface area contributed by atoms with Gasteiger partial charge >= 0.3 is 0 Å². The fourth-order valence-electron chi connectivity index (χ4n) is 2.44. The summed E-state index contributed by atoms with van der Waals surface area (Å²) in [5.74, 6) is -0.327. The van der Waals surface area contributed by atoms with Crippen LogP contribution in [-0.4, -0.2) is 20.2 Å². The van der Waals surface area contributed by atoms with Crippen LogP contribution in [-0.2, 0) is 0 Å². The lowest BCUT2D eigenvalue weighted by atomic mass is 10.1. The van der Waals surface area contributed by atoms with Crippen LogP contribution in [0.1, 0.15) is 9.67 Å². The van der Waals surface area contributed by atoms with Crippen molar-refractivity contribution in [1.29, 1.82) is 0 Å². The van der Waals surface area contributed by atoms with Crippen molar-refractivity contribution in [3.8, 4) is 0 Å². The topological polar surface area (TPSA) is 87.7 Å². The van der Waals surface area contributed by atoms with Gasteiger partial charge in [0.05, 0.1) is 6.33 Å². The highest BCUT2D eigenvalue weighted by atomic mass is 32.1. The normalized spacial score (nSPS) is 11.0. The quantitative estimate of drug-likeness (QED) is 0.594. The number of hydrogen-bond donors (Lipinski definition) is 2. The first-order valence-corrected chi connectivity index (χ1v) is 7.63. The number of aromatic amines is 1. The SMILES string of the molecule is O=C(Nc1cccc2ccccc12)c1snc2c(=O)[nH]cnc12. The monoisotopic (exact) mass is 322 g/mol. The molecule has 0 aliphatic carbocycles. The van der Waals surface area contributed by atoms with Crippen molar-refractivity contribution in [1.82, 2.24) is 14.3 Å². The van der Waals surface area contributed by atoms with Crippen LogP contribution < -0.4 is 10.9 Å². The molecule has 0 aliphatic heterocycles. The largest absolute Gasteiger partial charge is 0.321 e. The zero-order valence-electron chi connectivity index (χ0n) is 11.7. The lowest BCUT2D eigenvalue weighted by Gasteiger charge is -2.07. The molecule has 0 radical (unpaired) electrons. The Morgan fingerprint density at radius 3 is 2.83 bits per heavy atom. The predicted octanol–water partition coefficient (Wildman–Crippen LogP) is 2.79. The van der Waals surface area contributed by atoms with E-state index in [9.17, 15) is 9.59 Å². The zero-order valence-corrected chi connectivity index (χ0v) is 12.6.